The van der Waals surface area contributed by atoms with E-state index in [4.69, 9.17) is 5.73 Å². The van der Waals surface area contributed by atoms with E-state index < -0.39 is 0 Å². The van der Waals surface area contributed by atoms with E-state index in [0.29, 0.717) is 17.8 Å². The molecule has 0 atom stereocenters. The molecule has 0 aliphatic rings. The van der Waals surface area contributed by atoms with Crippen LogP contribution in [0.4, 0.5) is 5.69 Å². The van der Waals surface area contributed by atoms with Gasteiger partial charge in [-0.2, -0.15) is 0 Å². The molecule has 3 nitrogen and oxygen atoms in total. The van der Waals surface area contributed by atoms with E-state index >= 15 is 0 Å². The number of nitrogens with one attached hydrogen (secondary N) is 1. The van der Waals surface area contributed by atoms with E-state index in [2.05, 4.69) is 37.2 Å². The molecule has 0 spiro atoms. The third-order valence-electron chi connectivity index (χ3n) is 2.36. The first-order valence-corrected chi connectivity index (χ1v) is 7.59. The van der Waals surface area contributed by atoms with Crippen molar-refractivity contribution >= 4 is 54.8 Å². The maximum Gasteiger partial charge on any atom is 0.251 e. The first-order valence-electron chi connectivity index (χ1n) is 5.13. The third-order valence-corrected chi connectivity index (χ3v) is 4.98. The summed E-state index contributed by atoms with van der Waals surface area (Å²) in [6.07, 6.45) is 0. The quantitative estimate of drug-likeness (QED) is 0.784. The predicted molar refractivity (Wildman–Crippen MR) is 81.7 cm³/mol. The minimum Gasteiger partial charge on any atom is -0.398 e. The van der Waals surface area contributed by atoms with Gasteiger partial charge in [0.1, 0.15) is 0 Å². The Morgan fingerprint density at radius 1 is 1.28 bits per heavy atom. The van der Waals surface area contributed by atoms with Gasteiger partial charge in [0.05, 0.1) is 6.54 Å². The molecule has 2 rings (SSSR count). The van der Waals surface area contributed by atoms with Crippen LogP contribution in [-0.4, -0.2) is 5.91 Å². The van der Waals surface area contributed by atoms with Gasteiger partial charge in [0.25, 0.3) is 5.91 Å². The Morgan fingerprint density at radius 3 is 2.67 bits per heavy atom. The molecule has 0 radical (unpaired) electrons. The molecule has 0 saturated heterocycles. The van der Waals surface area contributed by atoms with E-state index in [1.165, 1.54) is 0 Å². The fourth-order valence-electron chi connectivity index (χ4n) is 1.38. The summed E-state index contributed by atoms with van der Waals surface area (Å²) in [6, 6.07) is 7.10. The maximum absolute atomic E-state index is 11.9. The first kappa shape index (κ1) is 13.6. The summed E-state index contributed by atoms with van der Waals surface area (Å²) in [6.45, 7) is 0.513. The van der Waals surface area contributed by atoms with Gasteiger partial charge in [-0.05, 0) is 61.5 Å². The second-order valence-corrected chi connectivity index (χ2v) is 6.32. The summed E-state index contributed by atoms with van der Waals surface area (Å²) in [5.74, 6) is -0.115. The van der Waals surface area contributed by atoms with E-state index in [0.717, 1.165) is 13.8 Å². The van der Waals surface area contributed by atoms with E-state index in [1.807, 2.05) is 11.4 Å². The van der Waals surface area contributed by atoms with Gasteiger partial charge in [-0.1, -0.05) is 0 Å². The molecule has 1 heterocycles. The van der Waals surface area contributed by atoms with Gasteiger partial charge in [-0.3, -0.25) is 4.79 Å². The number of carbonyl (C=O) groups excluding carboxylic acids is 1. The highest BCUT2D eigenvalue weighted by atomic mass is 79.9. The largest absolute Gasteiger partial charge is 0.398 e. The Bertz CT molecular complexity index is 583. The highest BCUT2D eigenvalue weighted by Crippen LogP contribution is 2.23. The topological polar surface area (TPSA) is 55.1 Å². The Labute approximate surface area is 126 Å². The van der Waals surface area contributed by atoms with Crippen molar-refractivity contribution in [2.24, 2.45) is 0 Å². The van der Waals surface area contributed by atoms with Crippen molar-refractivity contribution in [1.29, 1.82) is 0 Å². The predicted octanol–water partition coefficient (Wildman–Crippen LogP) is 3.79. The molecule has 1 amide bonds. The number of benzene rings is 1. The molecule has 1 aromatic heterocycles. The molecule has 6 heteroatoms. The fraction of sp³-hybridized carbons (Fsp3) is 0.0833. The molecule has 0 fully saturated rings. The summed E-state index contributed by atoms with van der Waals surface area (Å²) >= 11 is 8.34. The highest BCUT2D eigenvalue weighted by Gasteiger charge is 2.08. The molecule has 0 bridgehead atoms. The fourth-order valence-corrected chi connectivity index (χ4v) is 3.19. The van der Waals surface area contributed by atoms with Crippen LogP contribution in [-0.2, 0) is 6.54 Å². The van der Waals surface area contributed by atoms with Gasteiger partial charge in [-0.15, -0.1) is 11.3 Å². The Morgan fingerprint density at radius 2 is 2.06 bits per heavy atom. The highest BCUT2D eigenvalue weighted by molar-refractivity contribution is 9.11. The number of thiophene rings is 1. The third kappa shape index (κ3) is 3.13. The van der Waals surface area contributed by atoms with E-state index in [1.54, 1.807) is 29.5 Å². The van der Waals surface area contributed by atoms with Crippen LogP contribution in [0.15, 0.2) is 38.6 Å². The van der Waals surface area contributed by atoms with Crippen molar-refractivity contribution < 1.29 is 4.79 Å². The minimum absolute atomic E-state index is 0.115. The molecule has 94 valence electrons. The normalized spacial score (nSPS) is 10.3. The van der Waals surface area contributed by atoms with Gasteiger partial charge in [0.15, 0.2) is 0 Å². The molecule has 2 aromatic rings. The van der Waals surface area contributed by atoms with Gasteiger partial charge >= 0.3 is 0 Å². The van der Waals surface area contributed by atoms with Gasteiger partial charge < -0.3 is 11.1 Å². The summed E-state index contributed by atoms with van der Waals surface area (Å²) < 4.78 is 1.75. The number of carbonyl (C=O) groups is 1. The van der Waals surface area contributed by atoms with Gasteiger partial charge in [0, 0.05) is 25.1 Å². The number of hydrogen-bond donors (Lipinski definition) is 2. The number of nitrogen functional groups attached to an aromatic ring is 1. The van der Waals surface area contributed by atoms with E-state index in [9.17, 15) is 4.79 Å². The zero-order valence-electron chi connectivity index (χ0n) is 9.24. The number of hydrogen-bond acceptors (Lipinski definition) is 3. The Kier molecular flexibility index (Phi) is 4.42. The SMILES string of the molecule is Nc1ccc(C(=O)NCc2sccc2Br)cc1Br. The number of anilines is 1. The summed E-state index contributed by atoms with van der Waals surface area (Å²) in [5.41, 5.74) is 6.88. The standard InChI is InChI=1S/C12H10Br2N2OS/c13-8-3-4-18-11(8)6-16-12(17)7-1-2-10(15)9(14)5-7/h1-5H,6,15H2,(H,16,17). The monoisotopic (exact) mass is 388 g/mol. The molecule has 18 heavy (non-hydrogen) atoms. The van der Waals surface area contributed by atoms with Gasteiger partial charge in [-0.25, -0.2) is 0 Å². The van der Waals surface area contributed by atoms with E-state index in [-0.39, 0.29) is 5.91 Å². The number of amides is 1. The average molecular weight is 390 g/mol. The van der Waals surface area contributed by atoms with Crippen LogP contribution in [0.1, 0.15) is 15.2 Å². The molecular formula is C12H10Br2N2OS. The lowest BCUT2D eigenvalue weighted by Gasteiger charge is -2.06. The second-order valence-electron chi connectivity index (χ2n) is 3.61. The Hall–Kier alpha value is -0.850. The van der Waals surface area contributed by atoms with Crippen LogP contribution in [0.3, 0.4) is 0 Å². The molecule has 0 saturated carbocycles. The van der Waals surface area contributed by atoms with Crippen LogP contribution in [0.5, 0.6) is 0 Å². The van der Waals surface area contributed by atoms with Crippen molar-refractivity contribution in [3.05, 3.63) is 49.0 Å². The average Bonchev–Trinajstić information content (AvgIpc) is 2.75. The van der Waals surface area contributed by atoms with Crippen molar-refractivity contribution in [2.45, 2.75) is 6.54 Å². The summed E-state index contributed by atoms with van der Waals surface area (Å²) in [5, 5.41) is 4.85. The van der Waals surface area contributed by atoms with Crippen molar-refractivity contribution in [1.82, 2.24) is 5.32 Å². The lowest BCUT2D eigenvalue weighted by molar-refractivity contribution is 0.0951. The second kappa shape index (κ2) is 5.86. The lowest BCUT2D eigenvalue weighted by Crippen LogP contribution is -2.22. The van der Waals surface area contributed by atoms with Crippen LogP contribution in [0.25, 0.3) is 0 Å². The van der Waals surface area contributed by atoms with Crippen molar-refractivity contribution in [3.63, 3.8) is 0 Å². The Balaban J connectivity index is 2.04. The van der Waals surface area contributed by atoms with Gasteiger partial charge in [0.2, 0.25) is 0 Å². The maximum atomic E-state index is 11.9. The molecule has 0 aliphatic heterocycles. The van der Waals surface area contributed by atoms with Crippen LogP contribution < -0.4 is 11.1 Å². The zero-order chi connectivity index (χ0) is 13.1. The molecule has 0 unspecified atom stereocenters. The smallest absolute Gasteiger partial charge is 0.251 e. The number of halogens is 2. The molecular weight excluding hydrogens is 380 g/mol. The summed E-state index contributed by atoms with van der Waals surface area (Å²) in [4.78, 5) is 13.0. The van der Waals surface area contributed by atoms with Crippen LogP contribution >= 0.6 is 43.2 Å². The zero-order valence-corrected chi connectivity index (χ0v) is 13.2. The lowest BCUT2D eigenvalue weighted by atomic mass is 10.2. The molecule has 3 N–H and O–H groups in total. The first-order chi connectivity index (χ1) is 8.58. The number of rotatable bonds is 3. The minimum atomic E-state index is -0.115. The van der Waals surface area contributed by atoms with Crippen LogP contribution in [0.2, 0.25) is 0 Å². The summed E-state index contributed by atoms with van der Waals surface area (Å²) in [7, 11) is 0. The van der Waals surface area contributed by atoms with Crippen molar-refractivity contribution in [2.75, 3.05) is 5.73 Å². The van der Waals surface area contributed by atoms with Crippen molar-refractivity contribution in [3.8, 4) is 0 Å². The van der Waals surface area contributed by atoms with Crippen LogP contribution in [0, 0.1) is 0 Å². The molecule has 1 aromatic carbocycles. The molecule has 0 aliphatic carbocycles. The number of nitrogens with two attached hydrogens (primary N) is 1.